The Morgan fingerprint density at radius 3 is 2.30 bits per heavy atom. The van der Waals surface area contributed by atoms with Gasteiger partial charge in [0.15, 0.2) is 0 Å². The molecule has 0 aliphatic heterocycles. The topological polar surface area (TPSA) is 18.5 Å². The van der Waals surface area contributed by atoms with Crippen LogP contribution in [0.15, 0.2) is 0 Å². The molecule has 1 aliphatic rings. The van der Waals surface area contributed by atoms with E-state index in [4.69, 9.17) is 0 Å². The maximum absolute atomic E-state index is 3.76. The van der Waals surface area contributed by atoms with Gasteiger partial charge in [0.1, 0.15) is 0 Å². The highest BCUT2D eigenvalue weighted by molar-refractivity contribution is 4.72. The van der Waals surface area contributed by atoms with Gasteiger partial charge in [-0.2, -0.15) is 0 Å². The van der Waals surface area contributed by atoms with Crippen LogP contribution in [-0.4, -0.2) is 62.7 Å². The maximum Gasteiger partial charge on any atom is 0.0109 e. The van der Waals surface area contributed by atoms with Gasteiger partial charge in [-0.25, -0.2) is 0 Å². The van der Waals surface area contributed by atoms with Crippen molar-refractivity contribution in [2.24, 2.45) is 5.92 Å². The molecule has 0 heterocycles. The Morgan fingerprint density at radius 2 is 1.70 bits per heavy atom. The van der Waals surface area contributed by atoms with Crippen molar-refractivity contribution in [2.45, 2.75) is 58.4 Å². The quantitative estimate of drug-likeness (QED) is 0.622. The molecular weight excluding hydrogens is 246 g/mol. The molecule has 20 heavy (non-hydrogen) atoms. The number of likely N-dealkylation sites (N-methyl/N-ethyl adjacent to an activating group) is 1. The van der Waals surface area contributed by atoms with E-state index in [1.807, 2.05) is 0 Å². The second-order valence-electron chi connectivity index (χ2n) is 7.14. The molecule has 0 spiro atoms. The predicted octanol–water partition coefficient (Wildman–Crippen LogP) is 2.82. The zero-order valence-electron chi connectivity index (χ0n) is 14.3. The molecule has 3 nitrogen and oxygen atoms in total. The second kappa shape index (κ2) is 10.6. The van der Waals surface area contributed by atoms with Gasteiger partial charge < -0.3 is 15.1 Å². The van der Waals surface area contributed by atoms with Crippen molar-refractivity contribution in [3.05, 3.63) is 0 Å². The highest BCUT2D eigenvalue weighted by Gasteiger charge is 2.12. The summed E-state index contributed by atoms with van der Waals surface area (Å²) in [6, 6.07) is 0.809. The summed E-state index contributed by atoms with van der Waals surface area (Å²) in [6.07, 6.45) is 8.40. The van der Waals surface area contributed by atoms with E-state index in [0.29, 0.717) is 0 Å². The molecule has 0 bridgehead atoms. The summed E-state index contributed by atoms with van der Waals surface area (Å²) in [5.41, 5.74) is 0. The van der Waals surface area contributed by atoms with E-state index in [9.17, 15) is 0 Å². The Balaban J connectivity index is 2.12. The Kier molecular flexibility index (Phi) is 9.49. The minimum absolute atomic E-state index is 0.767. The molecular formula is C17H37N3. The van der Waals surface area contributed by atoms with Crippen LogP contribution in [0, 0.1) is 5.92 Å². The molecule has 0 radical (unpaired) electrons. The minimum Gasteiger partial charge on any atom is -0.314 e. The van der Waals surface area contributed by atoms with Gasteiger partial charge >= 0.3 is 0 Å². The second-order valence-corrected chi connectivity index (χ2v) is 7.14. The van der Waals surface area contributed by atoms with Gasteiger partial charge in [-0.05, 0) is 52.4 Å². The fourth-order valence-electron chi connectivity index (χ4n) is 3.07. The molecule has 0 unspecified atom stereocenters. The van der Waals surface area contributed by atoms with E-state index in [-0.39, 0.29) is 0 Å². The number of rotatable bonds is 10. The van der Waals surface area contributed by atoms with Crippen LogP contribution in [0.25, 0.3) is 0 Å². The summed E-state index contributed by atoms with van der Waals surface area (Å²) in [6.45, 7) is 10.7. The smallest absolute Gasteiger partial charge is 0.0109 e. The Bertz CT molecular complexity index is 222. The third-order valence-electron chi connectivity index (χ3n) is 4.18. The van der Waals surface area contributed by atoms with Crippen LogP contribution in [0.1, 0.15) is 52.4 Å². The van der Waals surface area contributed by atoms with Crippen LogP contribution in [0.2, 0.25) is 0 Å². The first-order valence-corrected chi connectivity index (χ1v) is 8.68. The molecule has 0 atom stereocenters. The SMILES string of the molecule is CC(C)CN(CCCNC1CCCCC1)CCN(C)C. The van der Waals surface area contributed by atoms with Gasteiger partial charge in [-0.3, -0.25) is 0 Å². The highest BCUT2D eigenvalue weighted by atomic mass is 15.2. The van der Waals surface area contributed by atoms with Crippen molar-refractivity contribution in [3.63, 3.8) is 0 Å². The molecule has 1 rings (SSSR count). The lowest BCUT2D eigenvalue weighted by atomic mass is 9.95. The van der Waals surface area contributed by atoms with E-state index >= 15 is 0 Å². The average molecular weight is 284 g/mol. The van der Waals surface area contributed by atoms with Gasteiger partial charge in [0.25, 0.3) is 0 Å². The van der Waals surface area contributed by atoms with E-state index in [1.54, 1.807) is 0 Å². The Hall–Kier alpha value is -0.120. The summed E-state index contributed by atoms with van der Waals surface area (Å²) < 4.78 is 0. The van der Waals surface area contributed by atoms with Crippen molar-refractivity contribution in [2.75, 3.05) is 46.8 Å². The predicted molar refractivity (Wildman–Crippen MR) is 89.3 cm³/mol. The van der Waals surface area contributed by atoms with Crippen molar-refractivity contribution in [1.29, 1.82) is 0 Å². The maximum atomic E-state index is 3.76. The largest absolute Gasteiger partial charge is 0.314 e. The Labute approximate surface area is 127 Å². The lowest BCUT2D eigenvalue weighted by Crippen LogP contribution is -2.37. The van der Waals surface area contributed by atoms with Gasteiger partial charge in [0.2, 0.25) is 0 Å². The molecule has 0 saturated heterocycles. The molecule has 0 aromatic rings. The molecule has 0 aromatic carbocycles. The van der Waals surface area contributed by atoms with Crippen LogP contribution in [0.5, 0.6) is 0 Å². The minimum atomic E-state index is 0.767. The van der Waals surface area contributed by atoms with Gasteiger partial charge in [0.05, 0.1) is 0 Å². The fourth-order valence-corrected chi connectivity index (χ4v) is 3.07. The number of nitrogens with zero attached hydrogens (tertiary/aromatic N) is 2. The molecule has 1 N–H and O–H groups in total. The van der Waals surface area contributed by atoms with E-state index in [2.05, 4.69) is 43.1 Å². The average Bonchev–Trinajstić information content (AvgIpc) is 2.41. The molecule has 0 amide bonds. The first-order valence-electron chi connectivity index (χ1n) is 8.68. The lowest BCUT2D eigenvalue weighted by Gasteiger charge is -2.27. The molecule has 1 saturated carbocycles. The Morgan fingerprint density at radius 1 is 1.00 bits per heavy atom. The number of hydrogen-bond donors (Lipinski definition) is 1. The van der Waals surface area contributed by atoms with Crippen LogP contribution in [-0.2, 0) is 0 Å². The highest BCUT2D eigenvalue weighted by Crippen LogP contribution is 2.17. The standard InChI is InChI=1S/C17H37N3/c1-16(2)15-20(14-13-19(3)4)12-8-11-18-17-9-6-5-7-10-17/h16-18H,5-15H2,1-4H3. The number of nitrogens with one attached hydrogen (secondary N) is 1. The summed E-state index contributed by atoms with van der Waals surface area (Å²) in [7, 11) is 4.33. The van der Waals surface area contributed by atoms with Crippen LogP contribution in [0.4, 0.5) is 0 Å². The summed E-state index contributed by atoms with van der Waals surface area (Å²) in [5.74, 6) is 0.767. The molecule has 120 valence electrons. The van der Waals surface area contributed by atoms with Crippen molar-refractivity contribution in [3.8, 4) is 0 Å². The molecule has 0 aromatic heterocycles. The normalized spacial score (nSPS) is 17.6. The van der Waals surface area contributed by atoms with Gasteiger partial charge in [0, 0.05) is 25.7 Å². The third-order valence-corrected chi connectivity index (χ3v) is 4.18. The van der Waals surface area contributed by atoms with Crippen LogP contribution < -0.4 is 5.32 Å². The van der Waals surface area contributed by atoms with Gasteiger partial charge in [-0.1, -0.05) is 33.1 Å². The van der Waals surface area contributed by atoms with E-state index in [0.717, 1.165) is 12.0 Å². The van der Waals surface area contributed by atoms with E-state index < -0.39 is 0 Å². The fraction of sp³-hybridized carbons (Fsp3) is 1.00. The van der Waals surface area contributed by atoms with Crippen LogP contribution in [0.3, 0.4) is 0 Å². The summed E-state index contributed by atoms with van der Waals surface area (Å²) in [5, 5.41) is 3.76. The molecule has 1 aliphatic carbocycles. The summed E-state index contributed by atoms with van der Waals surface area (Å²) in [4.78, 5) is 4.92. The third kappa shape index (κ3) is 8.93. The summed E-state index contributed by atoms with van der Waals surface area (Å²) >= 11 is 0. The van der Waals surface area contributed by atoms with Crippen molar-refractivity contribution < 1.29 is 0 Å². The molecule has 1 fully saturated rings. The zero-order valence-corrected chi connectivity index (χ0v) is 14.3. The lowest BCUT2D eigenvalue weighted by molar-refractivity contribution is 0.214. The first-order chi connectivity index (χ1) is 9.58. The first kappa shape index (κ1) is 17.9. The monoisotopic (exact) mass is 283 g/mol. The zero-order chi connectivity index (χ0) is 14.8. The van der Waals surface area contributed by atoms with E-state index in [1.165, 1.54) is 71.2 Å². The van der Waals surface area contributed by atoms with Crippen LogP contribution >= 0.6 is 0 Å². The molecule has 3 heteroatoms. The van der Waals surface area contributed by atoms with Gasteiger partial charge in [-0.15, -0.1) is 0 Å². The van der Waals surface area contributed by atoms with Crippen molar-refractivity contribution >= 4 is 0 Å². The number of hydrogen-bond acceptors (Lipinski definition) is 3. The van der Waals surface area contributed by atoms with Crippen molar-refractivity contribution in [1.82, 2.24) is 15.1 Å².